The average Bonchev–Trinajstić information content (AvgIpc) is 3.11. The molecule has 1 saturated heterocycles. The fourth-order valence-electron chi connectivity index (χ4n) is 3.14. The van der Waals surface area contributed by atoms with Crippen LogP contribution in [0.25, 0.3) is 5.69 Å². The number of rotatable bonds is 3. The molecule has 0 radical (unpaired) electrons. The van der Waals surface area contributed by atoms with Crippen LogP contribution in [-0.4, -0.2) is 45.6 Å². The van der Waals surface area contributed by atoms with E-state index in [0.717, 1.165) is 10.7 Å². The van der Waals surface area contributed by atoms with Crippen LogP contribution in [0.15, 0.2) is 36.5 Å². The SMILES string of the molecule is CC(C)C1C(=O)NCCN1C(=O)c1cccc(-n2ccc(C(F)(F)F)n2)c1. The van der Waals surface area contributed by atoms with Gasteiger partial charge < -0.3 is 10.2 Å². The second-order valence-electron chi connectivity index (χ2n) is 6.67. The lowest BCUT2D eigenvalue weighted by Gasteiger charge is -2.37. The maximum Gasteiger partial charge on any atom is 0.435 e. The van der Waals surface area contributed by atoms with Crippen molar-refractivity contribution in [2.24, 2.45) is 5.92 Å². The van der Waals surface area contributed by atoms with Gasteiger partial charge in [0.2, 0.25) is 5.91 Å². The summed E-state index contributed by atoms with van der Waals surface area (Å²) in [5, 5.41) is 6.27. The van der Waals surface area contributed by atoms with Crippen molar-refractivity contribution in [1.82, 2.24) is 20.0 Å². The molecule has 9 heteroatoms. The van der Waals surface area contributed by atoms with Gasteiger partial charge in [-0.25, -0.2) is 4.68 Å². The van der Waals surface area contributed by atoms with E-state index in [1.54, 1.807) is 18.2 Å². The molecule has 2 heterocycles. The predicted octanol–water partition coefficient (Wildman–Crippen LogP) is 2.49. The number of alkyl halides is 3. The first-order valence-corrected chi connectivity index (χ1v) is 8.50. The van der Waals surface area contributed by atoms with Gasteiger partial charge in [0.15, 0.2) is 5.69 Å². The maximum atomic E-state index is 12.9. The molecule has 2 aromatic rings. The van der Waals surface area contributed by atoms with Crippen LogP contribution in [0.3, 0.4) is 0 Å². The van der Waals surface area contributed by atoms with Gasteiger partial charge in [-0.2, -0.15) is 18.3 Å². The lowest BCUT2D eigenvalue weighted by atomic mass is 9.98. The number of nitrogens with one attached hydrogen (secondary N) is 1. The Morgan fingerprint density at radius 1 is 1.30 bits per heavy atom. The van der Waals surface area contributed by atoms with Crippen molar-refractivity contribution in [2.75, 3.05) is 13.1 Å². The van der Waals surface area contributed by atoms with Gasteiger partial charge in [-0.05, 0) is 30.2 Å². The summed E-state index contributed by atoms with van der Waals surface area (Å²) in [6.07, 6.45) is -3.35. The van der Waals surface area contributed by atoms with E-state index in [1.807, 2.05) is 13.8 Å². The van der Waals surface area contributed by atoms with Crippen LogP contribution in [0.5, 0.6) is 0 Å². The molecule has 1 aliphatic heterocycles. The van der Waals surface area contributed by atoms with Crippen molar-refractivity contribution in [3.8, 4) is 5.69 Å². The molecule has 0 saturated carbocycles. The van der Waals surface area contributed by atoms with Gasteiger partial charge >= 0.3 is 6.18 Å². The molecule has 3 rings (SSSR count). The van der Waals surface area contributed by atoms with E-state index in [1.165, 1.54) is 17.2 Å². The number of carbonyl (C=O) groups is 2. The first-order valence-electron chi connectivity index (χ1n) is 8.50. The van der Waals surface area contributed by atoms with Crippen LogP contribution in [-0.2, 0) is 11.0 Å². The monoisotopic (exact) mass is 380 g/mol. The summed E-state index contributed by atoms with van der Waals surface area (Å²) in [4.78, 5) is 26.6. The zero-order chi connectivity index (χ0) is 19.8. The molecule has 6 nitrogen and oxygen atoms in total. The Labute approximate surface area is 154 Å². The lowest BCUT2D eigenvalue weighted by Crippen LogP contribution is -2.59. The number of benzene rings is 1. The highest BCUT2D eigenvalue weighted by molar-refractivity contribution is 5.98. The van der Waals surface area contributed by atoms with Crippen molar-refractivity contribution in [3.63, 3.8) is 0 Å². The van der Waals surface area contributed by atoms with Crippen LogP contribution in [0.1, 0.15) is 29.9 Å². The molecule has 1 atom stereocenters. The van der Waals surface area contributed by atoms with Crippen molar-refractivity contribution in [2.45, 2.75) is 26.1 Å². The highest BCUT2D eigenvalue weighted by Crippen LogP contribution is 2.28. The Morgan fingerprint density at radius 3 is 2.67 bits per heavy atom. The maximum absolute atomic E-state index is 12.9. The first kappa shape index (κ1) is 18.9. The fraction of sp³-hybridized carbons (Fsp3) is 0.389. The van der Waals surface area contributed by atoms with Crippen LogP contribution in [0.4, 0.5) is 13.2 Å². The summed E-state index contributed by atoms with van der Waals surface area (Å²) in [7, 11) is 0. The highest BCUT2D eigenvalue weighted by atomic mass is 19.4. The van der Waals surface area contributed by atoms with E-state index < -0.39 is 17.9 Å². The topological polar surface area (TPSA) is 67.2 Å². The second-order valence-corrected chi connectivity index (χ2v) is 6.67. The van der Waals surface area contributed by atoms with Crippen LogP contribution < -0.4 is 5.32 Å². The molecule has 27 heavy (non-hydrogen) atoms. The summed E-state index contributed by atoms with van der Waals surface area (Å²) < 4.78 is 39.3. The van der Waals surface area contributed by atoms with E-state index >= 15 is 0 Å². The molecule has 1 aromatic carbocycles. The van der Waals surface area contributed by atoms with Gasteiger partial charge in [0.25, 0.3) is 5.91 Å². The Bertz CT molecular complexity index is 860. The Kier molecular flexibility index (Phi) is 4.95. The van der Waals surface area contributed by atoms with Gasteiger partial charge in [0.1, 0.15) is 6.04 Å². The van der Waals surface area contributed by atoms with E-state index in [2.05, 4.69) is 10.4 Å². The van der Waals surface area contributed by atoms with Crippen molar-refractivity contribution in [1.29, 1.82) is 0 Å². The minimum Gasteiger partial charge on any atom is -0.353 e. The number of nitrogens with zero attached hydrogens (tertiary/aromatic N) is 3. The molecular weight excluding hydrogens is 361 g/mol. The van der Waals surface area contributed by atoms with Crippen molar-refractivity contribution >= 4 is 11.8 Å². The lowest BCUT2D eigenvalue weighted by molar-refractivity contribution is -0.141. The summed E-state index contributed by atoms with van der Waals surface area (Å²) in [6, 6.07) is 6.47. The third-order valence-electron chi connectivity index (χ3n) is 4.39. The summed E-state index contributed by atoms with van der Waals surface area (Å²) in [6.45, 7) is 4.45. The summed E-state index contributed by atoms with van der Waals surface area (Å²) >= 11 is 0. The van der Waals surface area contributed by atoms with Gasteiger partial charge in [0.05, 0.1) is 5.69 Å². The van der Waals surface area contributed by atoms with Crippen molar-refractivity contribution in [3.05, 3.63) is 47.8 Å². The molecular formula is C18H19F3N4O2. The predicted molar refractivity (Wildman–Crippen MR) is 91.2 cm³/mol. The highest BCUT2D eigenvalue weighted by Gasteiger charge is 2.36. The molecule has 0 spiro atoms. The third-order valence-corrected chi connectivity index (χ3v) is 4.39. The Balaban J connectivity index is 1.90. The first-order chi connectivity index (χ1) is 12.7. The minimum atomic E-state index is -4.54. The van der Waals surface area contributed by atoms with Gasteiger partial charge in [-0.1, -0.05) is 19.9 Å². The number of piperazine rings is 1. The fourth-order valence-corrected chi connectivity index (χ4v) is 3.14. The molecule has 0 aliphatic carbocycles. The van der Waals surface area contributed by atoms with E-state index in [0.29, 0.717) is 18.8 Å². The van der Waals surface area contributed by atoms with Crippen molar-refractivity contribution < 1.29 is 22.8 Å². The molecule has 1 aliphatic rings. The molecule has 1 aromatic heterocycles. The second kappa shape index (κ2) is 7.05. The third kappa shape index (κ3) is 3.81. The van der Waals surface area contributed by atoms with E-state index in [-0.39, 0.29) is 23.3 Å². The number of aromatic nitrogens is 2. The van der Waals surface area contributed by atoms with Crippen LogP contribution >= 0.6 is 0 Å². The van der Waals surface area contributed by atoms with Crippen LogP contribution in [0, 0.1) is 5.92 Å². The van der Waals surface area contributed by atoms with Gasteiger partial charge in [0, 0.05) is 24.8 Å². The Hall–Kier alpha value is -2.84. The number of amides is 2. The normalized spacial score (nSPS) is 17.9. The number of hydrogen-bond acceptors (Lipinski definition) is 3. The average molecular weight is 380 g/mol. The van der Waals surface area contributed by atoms with E-state index in [9.17, 15) is 22.8 Å². The van der Waals surface area contributed by atoms with Gasteiger partial charge in [-0.3, -0.25) is 9.59 Å². The zero-order valence-corrected chi connectivity index (χ0v) is 14.8. The quantitative estimate of drug-likeness (QED) is 0.890. The zero-order valence-electron chi connectivity index (χ0n) is 14.8. The minimum absolute atomic E-state index is 0.0714. The number of hydrogen-bond donors (Lipinski definition) is 1. The molecule has 2 amide bonds. The summed E-state index contributed by atoms with van der Waals surface area (Å²) in [5.74, 6) is -0.617. The standard InChI is InChI=1S/C18H19F3N4O2/c1-11(2)15-16(26)22-7-9-24(15)17(27)12-4-3-5-13(10-12)25-8-6-14(23-25)18(19,20)21/h3-6,8,10-11,15H,7,9H2,1-2H3,(H,22,26). The number of halogens is 3. The smallest absolute Gasteiger partial charge is 0.353 e. The molecule has 1 N–H and O–H groups in total. The molecule has 1 unspecified atom stereocenters. The van der Waals surface area contributed by atoms with Gasteiger partial charge in [-0.15, -0.1) is 0 Å². The summed E-state index contributed by atoms with van der Waals surface area (Å²) in [5.41, 5.74) is -0.386. The molecule has 144 valence electrons. The number of carbonyl (C=O) groups excluding carboxylic acids is 2. The van der Waals surface area contributed by atoms with E-state index in [4.69, 9.17) is 0 Å². The molecule has 0 bridgehead atoms. The molecule has 1 fully saturated rings. The Morgan fingerprint density at radius 2 is 2.04 bits per heavy atom. The van der Waals surface area contributed by atoms with Crippen LogP contribution in [0.2, 0.25) is 0 Å². The largest absolute Gasteiger partial charge is 0.435 e.